The van der Waals surface area contributed by atoms with E-state index in [-0.39, 0.29) is 30.0 Å². The van der Waals surface area contributed by atoms with Gasteiger partial charge in [-0.3, -0.25) is 4.79 Å². The molecule has 8 nitrogen and oxygen atoms in total. The number of rotatable bonds is 9. The van der Waals surface area contributed by atoms with E-state index in [4.69, 9.17) is 30.9 Å². The van der Waals surface area contributed by atoms with Crippen molar-refractivity contribution in [3.05, 3.63) is 88.0 Å². The van der Waals surface area contributed by atoms with Gasteiger partial charge in [0.1, 0.15) is 29.4 Å². The minimum atomic E-state index is -4.68. The predicted molar refractivity (Wildman–Crippen MR) is 150 cm³/mol. The summed E-state index contributed by atoms with van der Waals surface area (Å²) in [6.07, 6.45) is -3.02. The highest BCUT2D eigenvalue weighted by molar-refractivity contribution is 6.30. The molecule has 5 rings (SSSR count). The summed E-state index contributed by atoms with van der Waals surface area (Å²) in [6.45, 7) is 0.177. The van der Waals surface area contributed by atoms with Crippen molar-refractivity contribution in [1.29, 1.82) is 0 Å². The van der Waals surface area contributed by atoms with Crippen LogP contribution in [0.1, 0.15) is 29.2 Å². The van der Waals surface area contributed by atoms with Gasteiger partial charge in [0.05, 0.1) is 19.8 Å². The monoisotopic (exact) mass is 602 g/mol. The molecule has 1 amide bonds. The molecule has 0 bridgehead atoms. The van der Waals surface area contributed by atoms with E-state index in [1.54, 1.807) is 42.5 Å². The number of carboxylic acid groups (broad SMARTS) is 1. The molecule has 12 heteroatoms. The van der Waals surface area contributed by atoms with Crippen LogP contribution in [0.5, 0.6) is 17.2 Å². The first-order chi connectivity index (χ1) is 20.0. The molecule has 0 aromatic heterocycles. The average Bonchev–Trinajstić information content (AvgIpc) is 3.35. The fourth-order valence-corrected chi connectivity index (χ4v) is 5.08. The lowest BCUT2D eigenvalue weighted by atomic mass is 9.96. The third-order valence-electron chi connectivity index (χ3n) is 7.12. The first-order valence-corrected chi connectivity index (χ1v) is 13.3. The fourth-order valence-electron chi connectivity index (χ4n) is 4.96. The van der Waals surface area contributed by atoms with Gasteiger partial charge in [0.25, 0.3) is 5.91 Å². The highest BCUT2D eigenvalue weighted by Crippen LogP contribution is 2.43. The maximum absolute atomic E-state index is 14.1. The quantitative estimate of drug-likeness (QED) is 0.297. The van der Waals surface area contributed by atoms with Crippen LogP contribution in [-0.4, -0.2) is 43.9 Å². The van der Waals surface area contributed by atoms with Gasteiger partial charge >= 0.3 is 12.1 Å². The summed E-state index contributed by atoms with van der Waals surface area (Å²) in [6, 6.07) is 12.7. The number of fused-ring (bicyclic) bond motifs is 1. The van der Waals surface area contributed by atoms with Gasteiger partial charge in [0.15, 0.2) is 0 Å². The maximum atomic E-state index is 14.1. The van der Waals surface area contributed by atoms with Crippen LogP contribution in [0, 0.1) is 0 Å². The second-order valence-electron chi connectivity index (χ2n) is 9.80. The number of nitrogens with zero attached hydrogens (tertiary/aromatic N) is 1. The molecule has 2 unspecified atom stereocenters. The number of nitrogens with one attached hydrogen (secondary N) is 1. The summed E-state index contributed by atoms with van der Waals surface area (Å²) in [5.41, 5.74) is 0.978. The molecular weight excluding hydrogens is 577 g/mol. The Kier molecular flexibility index (Phi) is 7.96. The topological polar surface area (TPSA) is 97.3 Å². The molecule has 0 spiro atoms. The number of halogens is 4. The molecular formula is C30H26ClF3N2O6. The van der Waals surface area contributed by atoms with Crippen molar-refractivity contribution in [2.24, 2.45) is 0 Å². The van der Waals surface area contributed by atoms with Gasteiger partial charge in [-0.2, -0.15) is 13.2 Å². The van der Waals surface area contributed by atoms with Gasteiger partial charge in [-0.25, -0.2) is 4.79 Å². The van der Waals surface area contributed by atoms with Crippen molar-refractivity contribution in [3.63, 3.8) is 0 Å². The van der Waals surface area contributed by atoms with E-state index in [1.807, 2.05) is 0 Å². The number of hydrogen-bond donors (Lipinski definition) is 2. The molecule has 2 N–H and O–H groups in total. The van der Waals surface area contributed by atoms with E-state index in [2.05, 4.69) is 5.32 Å². The molecule has 42 heavy (non-hydrogen) atoms. The number of benzene rings is 3. The van der Waals surface area contributed by atoms with Gasteiger partial charge in [-0.1, -0.05) is 23.7 Å². The number of carbonyl (C=O) groups is 2. The molecule has 1 aliphatic heterocycles. The predicted octanol–water partition coefficient (Wildman–Crippen LogP) is 6.28. The molecule has 0 saturated carbocycles. The minimum absolute atomic E-state index is 0.162. The van der Waals surface area contributed by atoms with Crippen molar-refractivity contribution < 1.29 is 42.1 Å². The Bertz CT molecular complexity index is 1560. The molecule has 0 saturated heterocycles. The van der Waals surface area contributed by atoms with E-state index < -0.39 is 35.8 Å². The Morgan fingerprint density at radius 1 is 1.05 bits per heavy atom. The van der Waals surface area contributed by atoms with Crippen molar-refractivity contribution in [2.75, 3.05) is 31.0 Å². The van der Waals surface area contributed by atoms with Crippen LogP contribution < -0.4 is 24.4 Å². The van der Waals surface area contributed by atoms with E-state index in [9.17, 15) is 22.8 Å². The van der Waals surface area contributed by atoms with Gasteiger partial charge in [-0.15, -0.1) is 0 Å². The zero-order valence-corrected chi connectivity index (χ0v) is 23.3. The summed E-state index contributed by atoms with van der Waals surface area (Å²) in [4.78, 5) is 26.5. The minimum Gasteiger partial charge on any atom is -0.497 e. The lowest BCUT2D eigenvalue weighted by Crippen LogP contribution is -2.37. The van der Waals surface area contributed by atoms with Gasteiger partial charge in [0, 0.05) is 53.1 Å². The van der Waals surface area contributed by atoms with E-state index in [0.717, 1.165) is 6.07 Å². The SMILES string of the molecule is COc1cc(NC(C(=O)N2CCc3cc(OC)c(C(F)(F)F)cc32)c2ccc(Cl)cc2)cc(OC2C=C(C(=O)O)C2)c1. The Hall–Kier alpha value is -4.38. The molecule has 1 aliphatic carbocycles. The second kappa shape index (κ2) is 11.5. The molecule has 2 aliphatic rings. The summed E-state index contributed by atoms with van der Waals surface area (Å²) < 4.78 is 57.7. The Labute approximate surface area is 244 Å². The number of methoxy groups -OCH3 is 2. The Balaban J connectivity index is 1.48. The van der Waals surface area contributed by atoms with Crippen LogP contribution in [0.25, 0.3) is 0 Å². The number of anilines is 2. The third kappa shape index (κ3) is 5.96. The van der Waals surface area contributed by atoms with Crippen LogP contribution in [0.15, 0.2) is 66.2 Å². The van der Waals surface area contributed by atoms with Crippen LogP contribution in [0.3, 0.4) is 0 Å². The summed E-state index contributed by atoms with van der Waals surface area (Å²) >= 11 is 6.09. The first-order valence-electron chi connectivity index (χ1n) is 12.9. The second-order valence-corrected chi connectivity index (χ2v) is 10.2. The number of carboxylic acids is 1. The molecule has 3 aromatic rings. The smallest absolute Gasteiger partial charge is 0.420 e. The number of carbonyl (C=O) groups excluding carboxylic acids is 1. The van der Waals surface area contributed by atoms with Crippen LogP contribution in [-0.2, 0) is 22.2 Å². The molecule has 0 radical (unpaired) electrons. The number of alkyl halides is 3. The molecule has 2 atom stereocenters. The van der Waals surface area contributed by atoms with Crippen molar-refractivity contribution >= 4 is 34.9 Å². The normalized spacial score (nSPS) is 16.6. The number of hydrogen-bond acceptors (Lipinski definition) is 6. The molecule has 220 valence electrons. The molecule has 3 aromatic carbocycles. The van der Waals surface area contributed by atoms with E-state index in [1.165, 1.54) is 31.3 Å². The molecule has 0 fully saturated rings. The summed E-state index contributed by atoms with van der Waals surface area (Å²) in [7, 11) is 2.64. The third-order valence-corrected chi connectivity index (χ3v) is 7.37. The van der Waals surface area contributed by atoms with Crippen molar-refractivity contribution in [2.45, 2.75) is 31.2 Å². The lowest BCUT2D eigenvalue weighted by molar-refractivity contribution is -0.139. The van der Waals surface area contributed by atoms with Crippen LogP contribution >= 0.6 is 11.6 Å². The molecule has 1 heterocycles. The standard InChI is InChI=1S/C30H26ClF3N2O6/c1-40-21-12-20(13-23(14-21)42-22-9-18(10-22)29(38)39)35-27(16-3-5-19(31)6-4-16)28(37)36-8-7-17-11-26(41-2)24(15-25(17)36)30(32,33)34/h3-6,9,11-15,22,27,35H,7-8,10H2,1-2H3,(H,38,39). The van der Waals surface area contributed by atoms with Crippen LogP contribution in [0.2, 0.25) is 5.02 Å². The highest BCUT2D eigenvalue weighted by atomic mass is 35.5. The highest BCUT2D eigenvalue weighted by Gasteiger charge is 2.39. The van der Waals surface area contributed by atoms with Crippen LogP contribution in [0.4, 0.5) is 24.5 Å². The number of ether oxygens (including phenoxy) is 3. The van der Waals surface area contributed by atoms with E-state index in [0.29, 0.717) is 39.8 Å². The number of aliphatic carboxylic acids is 1. The Morgan fingerprint density at radius 2 is 1.74 bits per heavy atom. The van der Waals surface area contributed by atoms with Gasteiger partial charge in [0.2, 0.25) is 0 Å². The fraction of sp³-hybridized carbons (Fsp3) is 0.267. The maximum Gasteiger partial charge on any atom is 0.420 e. The zero-order chi connectivity index (χ0) is 30.2. The van der Waals surface area contributed by atoms with Crippen molar-refractivity contribution in [1.82, 2.24) is 0 Å². The lowest BCUT2D eigenvalue weighted by Gasteiger charge is -2.28. The zero-order valence-electron chi connectivity index (χ0n) is 22.5. The Morgan fingerprint density at radius 3 is 2.36 bits per heavy atom. The summed E-state index contributed by atoms with van der Waals surface area (Å²) in [5, 5.41) is 12.7. The number of amides is 1. The van der Waals surface area contributed by atoms with Crippen molar-refractivity contribution in [3.8, 4) is 17.2 Å². The van der Waals surface area contributed by atoms with E-state index >= 15 is 0 Å². The summed E-state index contributed by atoms with van der Waals surface area (Å²) in [5.74, 6) is -1.00. The first kappa shape index (κ1) is 29.1. The average molecular weight is 603 g/mol. The van der Waals surface area contributed by atoms with Gasteiger partial charge < -0.3 is 29.5 Å². The van der Waals surface area contributed by atoms with Gasteiger partial charge in [-0.05, 0) is 47.9 Å². The largest absolute Gasteiger partial charge is 0.497 e.